The second kappa shape index (κ2) is 7.59. The molecule has 0 aromatic heterocycles. The van der Waals surface area contributed by atoms with Gasteiger partial charge in [0.15, 0.2) is 0 Å². The lowest BCUT2D eigenvalue weighted by Gasteiger charge is -2.11. The molecule has 1 rings (SSSR count). The Labute approximate surface area is 119 Å². The highest BCUT2D eigenvalue weighted by Gasteiger charge is 2.09. The van der Waals surface area contributed by atoms with Crippen LogP contribution in [0.1, 0.15) is 19.8 Å². The molecule has 1 aromatic rings. The molecule has 2 N–H and O–H groups in total. The molecule has 0 unspecified atom stereocenters. The van der Waals surface area contributed by atoms with Crippen LogP contribution in [0.15, 0.2) is 16.6 Å². The number of amides is 1. The summed E-state index contributed by atoms with van der Waals surface area (Å²) in [7, 11) is 0. The molecule has 0 aliphatic carbocycles. The largest absolute Gasteiger partial charge is 0.374 e. The fraction of sp³-hybridized carbons (Fsp3) is 0.417. The van der Waals surface area contributed by atoms with Gasteiger partial charge in [0.2, 0.25) is 5.91 Å². The van der Waals surface area contributed by atoms with Crippen LogP contribution in [0.3, 0.4) is 0 Å². The van der Waals surface area contributed by atoms with Gasteiger partial charge in [0.1, 0.15) is 5.82 Å². The average Bonchev–Trinajstić information content (AvgIpc) is 2.27. The van der Waals surface area contributed by atoms with E-state index < -0.39 is 5.82 Å². The van der Waals surface area contributed by atoms with Crippen molar-refractivity contribution >= 4 is 39.1 Å². The van der Waals surface area contributed by atoms with Gasteiger partial charge in [-0.1, -0.05) is 24.9 Å². The number of carbonyl (C=O) groups excluding carboxylic acids is 1. The number of halogens is 3. The molecule has 3 nitrogen and oxygen atoms in total. The Kier molecular flexibility index (Phi) is 6.43. The van der Waals surface area contributed by atoms with E-state index in [4.69, 9.17) is 11.6 Å². The smallest absolute Gasteiger partial charge is 0.239 e. The van der Waals surface area contributed by atoms with Crippen molar-refractivity contribution in [2.75, 3.05) is 18.4 Å². The van der Waals surface area contributed by atoms with Gasteiger partial charge in [0.25, 0.3) is 0 Å². The van der Waals surface area contributed by atoms with Gasteiger partial charge in [-0.05, 0) is 34.5 Å². The molecule has 0 radical (unpaired) electrons. The number of unbranched alkanes of at least 4 members (excludes halogenated alkanes) is 1. The van der Waals surface area contributed by atoms with Gasteiger partial charge in [0.05, 0.1) is 17.3 Å². The van der Waals surface area contributed by atoms with E-state index in [0.29, 0.717) is 16.7 Å². The van der Waals surface area contributed by atoms with Crippen LogP contribution >= 0.6 is 27.5 Å². The maximum Gasteiger partial charge on any atom is 0.239 e. The summed E-state index contributed by atoms with van der Waals surface area (Å²) >= 11 is 9.07. The highest BCUT2D eigenvalue weighted by molar-refractivity contribution is 9.10. The second-order valence-electron chi connectivity index (χ2n) is 3.80. The van der Waals surface area contributed by atoms with E-state index in [2.05, 4.69) is 33.5 Å². The number of hydrogen-bond donors (Lipinski definition) is 2. The van der Waals surface area contributed by atoms with Crippen LogP contribution in [-0.4, -0.2) is 19.0 Å². The summed E-state index contributed by atoms with van der Waals surface area (Å²) in [5, 5.41) is 5.89. The minimum Gasteiger partial charge on any atom is -0.374 e. The Bertz CT molecular complexity index is 406. The summed E-state index contributed by atoms with van der Waals surface area (Å²) in [4.78, 5) is 11.5. The number of hydrogen-bond acceptors (Lipinski definition) is 2. The predicted molar refractivity (Wildman–Crippen MR) is 75.5 cm³/mol. The summed E-state index contributed by atoms with van der Waals surface area (Å²) in [6, 6.07) is 2.49. The second-order valence-corrected chi connectivity index (χ2v) is 5.06. The topological polar surface area (TPSA) is 41.1 Å². The van der Waals surface area contributed by atoms with Crippen molar-refractivity contribution in [3.63, 3.8) is 0 Å². The minimum absolute atomic E-state index is 0.105. The molecule has 0 saturated heterocycles. The van der Waals surface area contributed by atoms with Crippen LogP contribution in [0.25, 0.3) is 0 Å². The number of nitrogens with one attached hydrogen (secondary N) is 2. The summed E-state index contributed by atoms with van der Waals surface area (Å²) in [6.45, 7) is 2.82. The Balaban J connectivity index is 2.51. The normalized spacial score (nSPS) is 10.2. The third-order valence-electron chi connectivity index (χ3n) is 2.29. The first-order chi connectivity index (χ1) is 8.54. The van der Waals surface area contributed by atoms with Crippen LogP contribution in [0.2, 0.25) is 5.02 Å². The van der Waals surface area contributed by atoms with Crippen molar-refractivity contribution in [3.8, 4) is 0 Å². The fourth-order valence-electron chi connectivity index (χ4n) is 1.35. The summed E-state index contributed by atoms with van der Waals surface area (Å²) in [6.07, 6.45) is 1.98. The van der Waals surface area contributed by atoms with E-state index in [1.54, 1.807) is 0 Å². The maximum absolute atomic E-state index is 13.0. The van der Waals surface area contributed by atoms with Gasteiger partial charge in [-0.3, -0.25) is 4.79 Å². The summed E-state index contributed by atoms with van der Waals surface area (Å²) in [5.74, 6) is -0.541. The zero-order valence-electron chi connectivity index (χ0n) is 10.0. The Hall–Kier alpha value is -0.810. The molecule has 0 aliphatic heterocycles. The van der Waals surface area contributed by atoms with Gasteiger partial charge in [-0.15, -0.1) is 0 Å². The van der Waals surface area contributed by atoms with Crippen molar-refractivity contribution in [3.05, 3.63) is 27.4 Å². The standard InChI is InChI=1S/C12H15BrClFN2O/c1-2-3-4-16-11(18)7-17-12-9(13)5-8(15)6-10(12)14/h5-6,17H,2-4,7H2,1H3,(H,16,18). The third-order valence-corrected chi connectivity index (χ3v) is 3.21. The van der Waals surface area contributed by atoms with Crippen molar-refractivity contribution in [2.45, 2.75) is 19.8 Å². The molecule has 18 heavy (non-hydrogen) atoms. The lowest BCUT2D eigenvalue weighted by Crippen LogP contribution is -2.30. The van der Waals surface area contributed by atoms with E-state index in [-0.39, 0.29) is 17.5 Å². The lowest BCUT2D eigenvalue weighted by atomic mass is 10.3. The Morgan fingerprint density at radius 2 is 2.22 bits per heavy atom. The molecule has 0 spiro atoms. The first-order valence-corrected chi connectivity index (χ1v) is 6.86. The van der Waals surface area contributed by atoms with E-state index >= 15 is 0 Å². The van der Waals surface area contributed by atoms with E-state index in [0.717, 1.165) is 12.8 Å². The number of carbonyl (C=O) groups is 1. The first kappa shape index (κ1) is 15.2. The molecule has 0 bridgehead atoms. The quantitative estimate of drug-likeness (QED) is 0.779. The summed E-state index contributed by atoms with van der Waals surface area (Å²) < 4.78 is 13.5. The number of benzene rings is 1. The van der Waals surface area contributed by atoms with Crippen molar-refractivity contribution in [1.29, 1.82) is 0 Å². The summed E-state index contributed by atoms with van der Waals surface area (Å²) in [5.41, 5.74) is 0.517. The highest BCUT2D eigenvalue weighted by Crippen LogP contribution is 2.31. The van der Waals surface area contributed by atoms with E-state index in [1.807, 2.05) is 0 Å². The molecule has 0 aliphatic rings. The lowest BCUT2D eigenvalue weighted by molar-refractivity contribution is -0.119. The monoisotopic (exact) mass is 336 g/mol. The van der Waals surface area contributed by atoms with Gasteiger partial charge in [-0.2, -0.15) is 0 Å². The molecule has 0 heterocycles. The highest BCUT2D eigenvalue weighted by atomic mass is 79.9. The number of anilines is 1. The van der Waals surface area contributed by atoms with Gasteiger partial charge in [0, 0.05) is 11.0 Å². The Morgan fingerprint density at radius 1 is 1.50 bits per heavy atom. The third kappa shape index (κ3) is 4.82. The van der Waals surface area contributed by atoms with Crippen LogP contribution in [0, 0.1) is 5.82 Å². The molecule has 0 fully saturated rings. The van der Waals surface area contributed by atoms with Crippen LogP contribution in [-0.2, 0) is 4.79 Å². The number of rotatable bonds is 6. The zero-order chi connectivity index (χ0) is 13.5. The van der Waals surface area contributed by atoms with Crippen molar-refractivity contribution in [1.82, 2.24) is 5.32 Å². The van der Waals surface area contributed by atoms with Gasteiger partial charge in [-0.25, -0.2) is 4.39 Å². The SMILES string of the molecule is CCCCNC(=O)CNc1c(Cl)cc(F)cc1Br. The molecule has 1 aromatic carbocycles. The zero-order valence-corrected chi connectivity index (χ0v) is 12.4. The Morgan fingerprint density at radius 3 is 2.83 bits per heavy atom. The van der Waals surface area contributed by atoms with E-state index in [1.165, 1.54) is 12.1 Å². The average molecular weight is 338 g/mol. The molecule has 0 atom stereocenters. The van der Waals surface area contributed by atoms with E-state index in [9.17, 15) is 9.18 Å². The van der Waals surface area contributed by atoms with Crippen molar-refractivity contribution < 1.29 is 9.18 Å². The van der Waals surface area contributed by atoms with Gasteiger partial charge < -0.3 is 10.6 Å². The first-order valence-electron chi connectivity index (χ1n) is 5.69. The predicted octanol–water partition coefficient (Wildman–Crippen LogP) is 3.57. The fourth-order valence-corrected chi connectivity index (χ4v) is 2.31. The van der Waals surface area contributed by atoms with Crippen molar-refractivity contribution in [2.24, 2.45) is 0 Å². The maximum atomic E-state index is 13.0. The van der Waals surface area contributed by atoms with Crippen LogP contribution in [0.5, 0.6) is 0 Å². The van der Waals surface area contributed by atoms with Gasteiger partial charge >= 0.3 is 0 Å². The molecule has 6 heteroatoms. The molecule has 0 saturated carbocycles. The molecule has 1 amide bonds. The molecular weight excluding hydrogens is 322 g/mol. The van der Waals surface area contributed by atoms with Crippen LogP contribution in [0.4, 0.5) is 10.1 Å². The van der Waals surface area contributed by atoms with Crippen LogP contribution < -0.4 is 10.6 Å². The minimum atomic E-state index is -0.426. The molecule has 100 valence electrons. The molecular formula is C12H15BrClFN2O.